The molecule has 2 heterocycles. The SMILES string of the molecule is CCCCOC1=CN2C(=O)[C@@H](NC(=O)[C@H](N)c3ccccc3)[C@H]2[S+](C(=O)[O-])C1. The zero-order chi connectivity index (χ0) is 20.3. The molecule has 4 atom stereocenters. The Morgan fingerprint density at radius 1 is 1.39 bits per heavy atom. The number of carbonyl (C=O) groups is 3. The number of nitrogens with two attached hydrogens (primary N) is 1. The van der Waals surface area contributed by atoms with Crippen LogP contribution in [0.3, 0.4) is 0 Å². The van der Waals surface area contributed by atoms with Crippen molar-refractivity contribution in [2.24, 2.45) is 5.73 Å². The molecule has 28 heavy (non-hydrogen) atoms. The van der Waals surface area contributed by atoms with E-state index in [9.17, 15) is 19.5 Å². The van der Waals surface area contributed by atoms with Gasteiger partial charge in [0.1, 0.15) is 6.04 Å². The lowest BCUT2D eigenvalue weighted by Gasteiger charge is -2.45. The molecule has 1 aromatic carbocycles. The fourth-order valence-corrected chi connectivity index (χ4v) is 5.03. The van der Waals surface area contributed by atoms with Gasteiger partial charge in [0.25, 0.3) is 11.2 Å². The lowest BCUT2D eigenvalue weighted by molar-refractivity contribution is -0.233. The zero-order valence-corrected chi connectivity index (χ0v) is 16.3. The number of rotatable bonds is 7. The van der Waals surface area contributed by atoms with Gasteiger partial charge in [-0.2, -0.15) is 0 Å². The Morgan fingerprint density at radius 3 is 2.75 bits per heavy atom. The number of amides is 2. The van der Waals surface area contributed by atoms with Crippen LogP contribution >= 0.6 is 0 Å². The average Bonchev–Trinajstić information content (AvgIpc) is 2.71. The van der Waals surface area contributed by atoms with E-state index in [0.717, 1.165) is 12.8 Å². The number of carbonyl (C=O) groups excluding carboxylic acids is 3. The number of β-lactam (4-membered cyclic amide) rings is 1. The van der Waals surface area contributed by atoms with E-state index in [-0.39, 0.29) is 11.7 Å². The van der Waals surface area contributed by atoms with Crippen LogP contribution in [0.25, 0.3) is 0 Å². The summed E-state index contributed by atoms with van der Waals surface area (Å²) >= 11 is 0. The molecule has 8 nitrogen and oxygen atoms in total. The largest absolute Gasteiger partial charge is 0.504 e. The summed E-state index contributed by atoms with van der Waals surface area (Å²) in [5, 5.41) is 12.3. The maximum absolute atomic E-state index is 12.5. The van der Waals surface area contributed by atoms with E-state index in [0.29, 0.717) is 17.9 Å². The van der Waals surface area contributed by atoms with E-state index in [1.54, 1.807) is 24.3 Å². The zero-order valence-electron chi connectivity index (χ0n) is 15.5. The molecule has 1 saturated heterocycles. The van der Waals surface area contributed by atoms with Gasteiger partial charge in [-0.3, -0.25) is 14.5 Å². The smallest absolute Gasteiger partial charge is 0.275 e. The van der Waals surface area contributed by atoms with Crippen molar-refractivity contribution >= 4 is 28.0 Å². The van der Waals surface area contributed by atoms with Crippen LogP contribution in [0.1, 0.15) is 31.4 Å². The van der Waals surface area contributed by atoms with Gasteiger partial charge in [-0.25, -0.2) is 0 Å². The summed E-state index contributed by atoms with van der Waals surface area (Å²) in [4.78, 5) is 37.9. The first-order valence-electron chi connectivity index (χ1n) is 9.11. The summed E-state index contributed by atoms with van der Waals surface area (Å²) in [6.07, 6.45) is 3.32. The molecule has 3 rings (SSSR count). The van der Waals surface area contributed by atoms with Gasteiger partial charge in [0.05, 0.1) is 23.7 Å². The van der Waals surface area contributed by atoms with Gasteiger partial charge in [0, 0.05) is 0 Å². The Kier molecular flexibility index (Phi) is 6.25. The number of nitrogens with zero attached hydrogens (tertiary/aromatic N) is 1. The molecule has 0 bridgehead atoms. The van der Waals surface area contributed by atoms with Crippen molar-refractivity contribution in [1.82, 2.24) is 10.2 Å². The van der Waals surface area contributed by atoms with E-state index in [4.69, 9.17) is 10.5 Å². The number of ether oxygens (including phenoxy) is 1. The lowest BCUT2D eigenvalue weighted by Crippen LogP contribution is -2.74. The number of nitrogens with one attached hydrogen (secondary N) is 1. The highest BCUT2D eigenvalue weighted by atomic mass is 32.2. The predicted octanol–water partition coefficient (Wildman–Crippen LogP) is -0.0272. The molecule has 1 fully saturated rings. The summed E-state index contributed by atoms with van der Waals surface area (Å²) in [5.41, 5.74) is 6.58. The average molecular weight is 405 g/mol. The lowest BCUT2D eigenvalue weighted by atomic mass is 10.0. The van der Waals surface area contributed by atoms with Crippen LogP contribution < -0.4 is 16.2 Å². The second kappa shape index (κ2) is 8.66. The molecule has 0 aromatic heterocycles. The molecular formula is C19H23N3O5S. The Bertz CT molecular complexity index is 785. The molecule has 2 aliphatic heterocycles. The van der Waals surface area contributed by atoms with Crippen molar-refractivity contribution in [2.45, 2.75) is 37.2 Å². The minimum Gasteiger partial charge on any atom is -0.504 e. The molecule has 1 unspecified atom stereocenters. The predicted molar refractivity (Wildman–Crippen MR) is 103 cm³/mol. The molecule has 2 amide bonds. The first-order valence-corrected chi connectivity index (χ1v) is 10.6. The van der Waals surface area contributed by atoms with Crippen molar-refractivity contribution < 1.29 is 24.2 Å². The number of benzene rings is 1. The highest BCUT2D eigenvalue weighted by Gasteiger charge is 2.61. The van der Waals surface area contributed by atoms with Crippen molar-refractivity contribution in [3.8, 4) is 0 Å². The Hall–Kier alpha value is -2.52. The van der Waals surface area contributed by atoms with Crippen LogP contribution in [-0.2, 0) is 25.2 Å². The van der Waals surface area contributed by atoms with Crippen molar-refractivity contribution in [3.05, 3.63) is 47.9 Å². The second-order valence-corrected chi connectivity index (χ2v) is 8.59. The van der Waals surface area contributed by atoms with Crippen LogP contribution in [-0.4, -0.2) is 45.8 Å². The third kappa shape index (κ3) is 4.00. The van der Waals surface area contributed by atoms with Crippen molar-refractivity contribution in [3.63, 3.8) is 0 Å². The molecule has 0 spiro atoms. The van der Waals surface area contributed by atoms with Crippen molar-refractivity contribution in [1.29, 1.82) is 0 Å². The normalized spacial score (nSPS) is 24.5. The monoisotopic (exact) mass is 405 g/mol. The van der Waals surface area contributed by atoms with Crippen molar-refractivity contribution in [2.75, 3.05) is 12.4 Å². The highest BCUT2D eigenvalue weighted by molar-refractivity contribution is 8.11. The standard InChI is InChI=1S/C19H23N3O5S/c1-2-3-9-27-13-10-22-17(24)15(18(22)28(11-13)19(25)26)21-16(23)14(20)12-7-5-4-6-8-12/h4-8,10,14-15,18H,2-3,9,11,20H2,1H3,(H-,21,23,25,26)/t14-,15-,18-,28?/m1/s1. The maximum Gasteiger partial charge on any atom is 0.275 e. The molecule has 150 valence electrons. The van der Waals surface area contributed by atoms with E-state index in [1.807, 2.05) is 13.0 Å². The minimum absolute atomic E-state index is 0.150. The van der Waals surface area contributed by atoms with Gasteiger partial charge in [-0.15, -0.1) is 0 Å². The van der Waals surface area contributed by atoms with E-state index < -0.39 is 39.6 Å². The maximum atomic E-state index is 12.5. The molecule has 9 heteroatoms. The summed E-state index contributed by atoms with van der Waals surface area (Å²) in [7, 11) is -1.28. The number of carboxylic acid groups (broad SMARTS) is 1. The van der Waals surface area contributed by atoms with Gasteiger partial charge < -0.3 is 25.7 Å². The third-order valence-electron chi connectivity index (χ3n) is 4.69. The molecule has 0 saturated carbocycles. The van der Waals surface area contributed by atoms with Crippen LogP contribution in [0, 0.1) is 0 Å². The van der Waals surface area contributed by atoms with Gasteiger partial charge in [0.15, 0.2) is 17.6 Å². The first kappa shape index (κ1) is 20.2. The topological polar surface area (TPSA) is 125 Å². The first-order chi connectivity index (χ1) is 13.4. The molecule has 0 aliphatic carbocycles. The third-order valence-corrected chi connectivity index (χ3v) is 6.80. The molecular weight excluding hydrogens is 382 g/mol. The molecule has 2 aliphatic rings. The molecule has 1 aromatic rings. The second-order valence-electron chi connectivity index (χ2n) is 6.63. The summed E-state index contributed by atoms with van der Waals surface area (Å²) in [6, 6.07) is 6.89. The minimum atomic E-state index is -1.28. The fourth-order valence-electron chi connectivity index (χ4n) is 3.13. The van der Waals surface area contributed by atoms with Crippen LogP contribution in [0.2, 0.25) is 0 Å². The number of fused-ring (bicyclic) bond motifs is 1. The van der Waals surface area contributed by atoms with Gasteiger partial charge in [-0.1, -0.05) is 43.7 Å². The summed E-state index contributed by atoms with van der Waals surface area (Å²) in [6.45, 7) is 2.48. The number of unbranched alkanes of at least 4 members (excludes halogenated alkanes) is 1. The fraction of sp³-hybridized carbons (Fsp3) is 0.421. The van der Waals surface area contributed by atoms with Crippen LogP contribution in [0.15, 0.2) is 42.3 Å². The molecule has 3 N–H and O–H groups in total. The van der Waals surface area contributed by atoms with Gasteiger partial charge in [-0.05, 0) is 12.0 Å². The van der Waals surface area contributed by atoms with Crippen LogP contribution in [0.5, 0.6) is 0 Å². The Balaban J connectivity index is 1.70. The summed E-state index contributed by atoms with van der Waals surface area (Å²) < 4.78 is 5.59. The van der Waals surface area contributed by atoms with Gasteiger partial charge >= 0.3 is 0 Å². The Labute approximate surface area is 166 Å². The number of hydrogen-bond acceptors (Lipinski definition) is 6. The van der Waals surface area contributed by atoms with Crippen LogP contribution in [0.4, 0.5) is 4.79 Å². The van der Waals surface area contributed by atoms with Gasteiger partial charge in [0.2, 0.25) is 11.3 Å². The van der Waals surface area contributed by atoms with E-state index in [1.165, 1.54) is 11.1 Å². The molecule has 0 radical (unpaired) electrons. The van der Waals surface area contributed by atoms with E-state index in [2.05, 4.69) is 5.32 Å². The Morgan fingerprint density at radius 2 is 2.11 bits per heavy atom. The number of hydrogen-bond donors (Lipinski definition) is 2. The quantitative estimate of drug-likeness (QED) is 0.373. The summed E-state index contributed by atoms with van der Waals surface area (Å²) in [5.74, 6) is -0.303. The highest BCUT2D eigenvalue weighted by Crippen LogP contribution is 2.34. The van der Waals surface area contributed by atoms with E-state index >= 15 is 0 Å².